The van der Waals surface area contributed by atoms with E-state index in [0.29, 0.717) is 54.1 Å². The zero-order valence-electron chi connectivity index (χ0n) is 18.0. The minimum Gasteiger partial charge on any atom is -0.493 e. The van der Waals surface area contributed by atoms with E-state index >= 15 is 0 Å². The van der Waals surface area contributed by atoms with E-state index in [0.717, 1.165) is 5.56 Å². The molecule has 0 unspecified atom stereocenters. The summed E-state index contributed by atoms with van der Waals surface area (Å²) in [7, 11) is 1.54. The second-order valence-corrected chi connectivity index (χ2v) is 7.14. The largest absolute Gasteiger partial charge is 0.493 e. The Morgan fingerprint density at radius 2 is 1.85 bits per heavy atom. The SMILES string of the molecule is COc1cccc(/C=C(\C#N)C(=O)Nc2ccc3c(c2)OCCO3)c1OCc1ccccc1. The van der Waals surface area contributed by atoms with Crippen molar-refractivity contribution in [3.63, 3.8) is 0 Å². The van der Waals surface area contributed by atoms with E-state index in [2.05, 4.69) is 5.32 Å². The summed E-state index contributed by atoms with van der Waals surface area (Å²) in [5.74, 6) is 1.57. The summed E-state index contributed by atoms with van der Waals surface area (Å²) in [6.45, 7) is 1.23. The van der Waals surface area contributed by atoms with Crippen LogP contribution in [0.2, 0.25) is 0 Å². The maximum Gasteiger partial charge on any atom is 0.266 e. The molecule has 1 heterocycles. The van der Waals surface area contributed by atoms with E-state index < -0.39 is 5.91 Å². The van der Waals surface area contributed by atoms with Gasteiger partial charge in [-0.25, -0.2) is 0 Å². The summed E-state index contributed by atoms with van der Waals surface area (Å²) in [6, 6.07) is 22.0. The van der Waals surface area contributed by atoms with Crippen molar-refractivity contribution < 1.29 is 23.7 Å². The molecule has 1 amide bonds. The van der Waals surface area contributed by atoms with Gasteiger partial charge in [0.15, 0.2) is 23.0 Å². The number of nitrogens with zero attached hydrogens (tertiary/aromatic N) is 1. The highest BCUT2D eigenvalue weighted by Crippen LogP contribution is 2.34. The van der Waals surface area contributed by atoms with E-state index in [1.165, 1.54) is 13.2 Å². The number of anilines is 1. The molecule has 7 heteroatoms. The van der Waals surface area contributed by atoms with Gasteiger partial charge in [-0.1, -0.05) is 42.5 Å². The van der Waals surface area contributed by atoms with Crippen molar-refractivity contribution in [3.05, 3.63) is 83.4 Å². The van der Waals surface area contributed by atoms with E-state index in [4.69, 9.17) is 18.9 Å². The van der Waals surface area contributed by atoms with E-state index in [1.807, 2.05) is 36.4 Å². The summed E-state index contributed by atoms with van der Waals surface area (Å²) in [4.78, 5) is 12.8. The van der Waals surface area contributed by atoms with Crippen molar-refractivity contribution in [1.29, 1.82) is 5.26 Å². The number of nitrogens with one attached hydrogen (secondary N) is 1. The van der Waals surface area contributed by atoms with Gasteiger partial charge in [0.2, 0.25) is 0 Å². The Morgan fingerprint density at radius 1 is 1.06 bits per heavy atom. The van der Waals surface area contributed by atoms with Crippen LogP contribution in [0.15, 0.2) is 72.3 Å². The molecule has 0 spiro atoms. The predicted molar refractivity (Wildman–Crippen MR) is 123 cm³/mol. The Morgan fingerprint density at radius 3 is 2.61 bits per heavy atom. The molecule has 33 heavy (non-hydrogen) atoms. The van der Waals surface area contributed by atoms with Crippen LogP contribution in [0.1, 0.15) is 11.1 Å². The molecule has 166 valence electrons. The molecule has 0 aromatic heterocycles. The van der Waals surface area contributed by atoms with Gasteiger partial charge in [0.05, 0.1) is 7.11 Å². The monoisotopic (exact) mass is 442 g/mol. The first-order chi connectivity index (χ1) is 16.2. The maximum absolute atomic E-state index is 12.8. The van der Waals surface area contributed by atoms with Gasteiger partial charge in [0, 0.05) is 17.3 Å². The number of fused-ring (bicyclic) bond motifs is 1. The number of nitriles is 1. The van der Waals surface area contributed by atoms with E-state index in [1.54, 1.807) is 36.4 Å². The number of carbonyl (C=O) groups excluding carboxylic acids is 1. The van der Waals surface area contributed by atoms with Crippen LogP contribution >= 0.6 is 0 Å². The average molecular weight is 442 g/mol. The molecule has 1 aliphatic heterocycles. The number of para-hydroxylation sites is 1. The Kier molecular flexibility index (Phi) is 6.76. The Balaban J connectivity index is 1.57. The summed E-state index contributed by atoms with van der Waals surface area (Å²) in [5, 5.41) is 12.4. The van der Waals surface area contributed by atoms with Crippen LogP contribution in [-0.2, 0) is 11.4 Å². The zero-order chi connectivity index (χ0) is 23.0. The molecule has 0 saturated heterocycles. The minimum absolute atomic E-state index is 0.0808. The molecular weight excluding hydrogens is 420 g/mol. The first kappa shape index (κ1) is 21.8. The van der Waals surface area contributed by atoms with Crippen molar-refractivity contribution >= 4 is 17.7 Å². The van der Waals surface area contributed by atoms with Crippen molar-refractivity contribution in [2.45, 2.75) is 6.61 Å². The van der Waals surface area contributed by atoms with Crippen LogP contribution in [0.5, 0.6) is 23.0 Å². The van der Waals surface area contributed by atoms with Crippen LogP contribution in [0.3, 0.4) is 0 Å². The smallest absolute Gasteiger partial charge is 0.266 e. The number of amides is 1. The van der Waals surface area contributed by atoms with Crippen molar-refractivity contribution in [1.82, 2.24) is 0 Å². The van der Waals surface area contributed by atoms with Crippen molar-refractivity contribution in [2.75, 3.05) is 25.6 Å². The molecule has 1 N–H and O–H groups in total. The van der Waals surface area contributed by atoms with Gasteiger partial charge in [0.25, 0.3) is 5.91 Å². The molecule has 0 bridgehead atoms. The number of ether oxygens (including phenoxy) is 4. The van der Waals surface area contributed by atoms with Crippen LogP contribution in [0.25, 0.3) is 6.08 Å². The molecule has 4 rings (SSSR count). The Labute approximate surface area is 191 Å². The molecule has 3 aromatic rings. The van der Waals surface area contributed by atoms with E-state index in [-0.39, 0.29) is 5.57 Å². The Hall–Kier alpha value is -4.44. The predicted octanol–water partition coefficient (Wildman–Crippen LogP) is 4.59. The number of benzene rings is 3. The van der Waals surface area contributed by atoms with E-state index in [9.17, 15) is 10.1 Å². The molecule has 1 aliphatic rings. The Bertz CT molecular complexity index is 1220. The highest BCUT2D eigenvalue weighted by molar-refractivity contribution is 6.10. The molecule has 0 aliphatic carbocycles. The molecule has 0 saturated carbocycles. The topological polar surface area (TPSA) is 89.8 Å². The summed E-state index contributed by atoms with van der Waals surface area (Å²) < 4.78 is 22.5. The second kappa shape index (κ2) is 10.2. The molecule has 3 aromatic carbocycles. The third-order valence-corrected chi connectivity index (χ3v) is 4.92. The number of methoxy groups -OCH3 is 1. The highest BCUT2D eigenvalue weighted by atomic mass is 16.6. The van der Waals surface area contributed by atoms with Gasteiger partial charge >= 0.3 is 0 Å². The van der Waals surface area contributed by atoms with Crippen LogP contribution in [-0.4, -0.2) is 26.2 Å². The summed E-state index contributed by atoms with van der Waals surface area (Å²) >= 11 is 0. The number of rotatable bonds is 7. The fourth-order valence-corrected chi connectivity index (χ4v) is 3.32. The molecular formula is C26H22N2O5. The number of hydrogen-bond donors (Lipinski definition) is 1. The zero-order valence-corrected chi connectivity index (χ0v) is 18.0. The summed E-state index contributed by atoms with van der Waals surface area (Å²) in [6.07, 6.45) is 1.48. The van der Waals surface area contributed by atoms with Crippen molar-refractivity contribution in [3.8, 4) is 29.1 Å². The van der Waals surface area contributed by atoms with Crippen LogP contribution in [0, 0.1) is 11.3 Å². The summed E-state index contributed by atoms with van der Waals surface area (Å²) in [5.41, 5.74) is 1.95. The molecule has 0 fully saturated rings. The lowest BCUT2D eigenvalue weighted by Gasteiger charge is -2.19. The van der Waals surface area contributed by atoms with Gasteiger partial charge in [-0.3, -0.25) is 4.79 Å². The van der Waals surface area contributed by atoms with Gasteiger partial charge in [0.1, 0.15) is 31.5 Å². The highest BCUT2D eigenvalue weighted by Gasteiger charge is 2.16. The van der Waals surface area contributed by atoms with Gasteiger partial charge in [-0.15, -0.1) is 0 Å². The van der Waals surface area contributed by atoms with Crippen molar-refractivity contribution in [2.24, 2.45) is 0 Å². The lowest BCUT2D eigenvalue weighted by atomic mass is 10.1. The van der Waals surface area contributed by atoms with Gasteiger partial charge in [-0.05, 0) is 29.8 Å². The molecule has 7 nitrogen and oxygen atoms in total. The molecule has 0 radical (unpaired) electrons. The fraction of sp³-hybridized carbons (Fsp3) is 0.154. The third-order valence-electron chi connectivity index (χ3n) is 4.92. The molecule has 0 atom stereocenters. The van der Waals surface area contributed by atoms with Gasteiger partial charge < -0.3 is 24.3 Å². The van der Waals surface area contributed by atoms with Crippen LogP contribution in [0.4, 0.5) is 5.69 Å². The average Bonchev–Trinajstić information content (AvgIpc) is 2.86. The first-order valence-electron chi connectivity index (χ1n) is 10.3. The first-order valence-corrected chi connectivity index (χ1v) is 10.3. The minimum atomic E-state index is -0.550. The van der Waals surface area contributed by atoms with Crippen LogP contribution < -0.4 is 24.3 Å². The quantitative estimate of drug-likeness (QED) is 0.425. The fourth-order valence-electron chi connectivity index (χ4n) is 3.32. The lowest BCUT2D eigenvalue weighted by molar-refractivity contribution is -0.112. The van der Waals surface area contributed by atoms with Gasteiger partial charge in [-0.2, -0.15) is 5.26 Å². The standard InChI is InChI=1S/C26H22N2O5/c1-30-23-9-5-8-19(25(23)33-17-18-6-3-2-4-7-18)14-20(16-27)26(29)28-21-10-11-22-24(15-21)32-13-12-31-22/h2-11,14-15H,12-13,17H2,1H3,(H,28,29)/b20-14+. The second-order valence-electron chi connectivity index (χ2n) is 7.14. The number of hydrogen-bond acceptors (Lipinski definition) is 6. The number of carbonyl (C=O) groups is 1. The normalized spacial score (nSPS) is 12.4. The maximum atomic E-state index is 12.8. The lowest BCUT2D eigenvalue weighted by Crippen LogP contribution is -2.17. The third kappa shape index (κ3) is 5.25.